The molecule has 0 atom stereocenters. The van der Waals surface area contributed by atoms with E-state index in [0.29, 0.717) is 30.4 Å². The molecule has 0 aliphatic heterocycles. The van der Waals surface area contributed by atoms with Gasteiger partial charge in [0.25, 0.3) is 0 Å². The summed E-state index contributed by atoms with van der Waals surface area (Å²) in [5.41, 5.74) is 0.691. The number of nitrogens with one attached hydrogen (secondary N) is 1. The van der Waals surface area contributed by atoms with Gasteiger partial charge in [0.05, 0.1) is 0 Å². The number of Topliss-reactive ketones (excluding diaryl/α,β-unsaturated/α-hetero) is 1. The Hall–Kier alpha value is -1.81. The molecule has 108 valence electrons. The Morgan fingerprint density at radius 2 is 2.15 bits per heavy atom. The summed E-state index contributed by atoms with van der Waals surface area (Å²) in [7, 11) is 0. The van der Waals surface area contributed by atoms with Crippen LogP contribution in [0.1, 0.15) is 37.7 Å². The molecule has 1 N–H and O–H groups in total. The maximum atomic E-state index is 11.6. The number of hydrogen-bond donors (Lipinski definition) is 1. The first-order valence-corrected chi connectivity index (χ1v) is 7.03. The fourth-order valence-electron chi connectivity index (χ4n) is 1.93. The molecular weight excluding hydrogens is 254 g/mol. The second-order valence-electron chi connectivity index (χ2n) is 5.04. The highest BCUT2D eigenvalue weighted by atomic mass is 16.5. The number of benzene rings is 1. The minimum atomic E-state index is 0.0183. The highest BCUT2D eigenvalue weighted by Gasteiger charge is 2.10. The first-order valence-electron chi connectivity index (χ1n) is 7.03. The molecule has 0 unspecified atom stereocenters. The Balaban J connectivity index is 2.03. The van der Waals surface area contributed by atoms with E-state index in [1.807, 2.05) is 25.1 Å². The molecule has 0 aliphatic rings. The maximum Gasteiger partial charge on any atom is 0.197 e. The monoisotopic (exact) mass is 275 g/mol. The summed E-state index contributed by atoms with van der Waals surface area (Å²) in [4.78, 5) is 11.6. The van der Waals surface area contributed by atoms with Crippen molar-refractivity contribution in [1.82, 2.24) is 5.32 Å². The minimum Gasteiger partial charge on any atom is -0.492 e. The Kier molecular flexibility index (Phi) is 4.79. The third-order valence-electron chi connectivity index (χ3n) is 3.01. The van der Waals surface area contributed by atoms with Crippen molar-refractivity contribution in [3.8, 4) is 5.75 Å². The fourth-order valence-corrected chi connectivity index (χ4v) is 1.93. The van der Waals surface area contributed by atoms with Crippen LogP contribution in [0.25, 0.3) is 11.0 Å². The lowest BCUT2D eigenvalue weighted by molar-refractivity contribution is 0.0963. The zero-order valence-electron chi connectivity index (χ0n) is 12.2. The van der Waals surface area contributed by atoms with Crippen LogP contribution in [-0.2, 0) is 0 Å². The van der Waals surface area contributed by atoms with E-state index < -0.39 is 0 Å². The van der Waals surface area contributed by atoms with Crippen LogP contribution in [0.5, 0.6) is 5.75 Å². The molecular formula is C16H21NO3. The Morgan fingerprint density at radius 1 is 1.35 bits per heavy atom. The van der Waals surface area contributed by atoms with Crippen LogP contribution in [0.2, 0.25) is 0 Å². The second-order valence-corrected chi connectivity index (χ2v) is 5.04. The van der Waals surface area contributed by atoms with Gasteiger partial charge in [0, 0.05) is 30.5 Å². The van der Waals surface area contributed by atoms with Crippen LogP contribution in [0.3, 0.4) is 0 Å². The SMILES string of the molecule is CCC(=O)c1cc2ccc(OCCNC(C)C)cc2o1. The van der Waals surface area contributed by atoms with Crippen molar-refractivity contribution in [2.75, 3.05) is 13.2 Å². The number of furan rings is 1. The van der Waals surface area contributed by atoms with Crippen molar-refractivity contribution in [3.63, 3.8) is 0 Å². The van der Waals surface area contributed by atoms with E-state index in [4.69, 9.17) is 9.15 Å². The number of carbonyl (C=O) groups is 1. The topological polar surface area (TPSA) is 51.5 Å². The second kappa shape index (κ2) is 6.57. The van der Waals surface area contributed by atoms with Gasteiger partial charge < -0.3 is 14.5 Å². The van der Waals surface area contributed by atoms with E-state index in [0.717, 1.165) is 17.7 Å². The molecule has 1 aromatic carbocycles. The average molecular weight is 275 g/mol. The Morgan fingerprint density at radius 3 is 2.85 bits per heavy atom. The van der Waals surface area contributed by atoms with Crippen LogP contribution in [0.4, 0.5) is 0 Å². The molecule has 0 saturated heterocycles. The first kappa shape index (κ1) is 14.6. The lowest BCUT2D eigenvalue weighted by Crippen LogP contribution is -2.27. The van der Waals surface area contributed by atoms with Gasteiger partial charge in [-0.1, -0.05) is 20.8 Å². The van der Waals surface area contributed by atoms with Crippen molar-refractivity contribution in [2.45, 2.75) is 33.2 Å². The third-order valence-corrected chi connectivity index (χ3v) is 3.01. The molecule has 2 aromatic rings. The van der Waals surface area contributed by atoms with Crippen molar-refractivity contribution in [2.24, 2.45) is 0 Å². The first-order chi connectivity index (χ1) is 9.60. The predicted molar refractivity (Wildman–Crippen MR) is 79.5 cm³/mol. The lowest BCUT2D eigenvalue weighted by atomic mass is 10.2. The predicted octanol–water partition coefficient (Wildman–Crippen LogP) is 3.40. The third kappa shape index (κ3) is 3.61. The normalized spacial score (nSPS) is 11.2. The lowest BCUT2D eigenvalue weighted by Gasteiger charge is -2.09. The standard InChI is InChI=1S/C16H21NO3/c1-4-14(18)16-9-12-5-6-13(10-15(12)20-16)19-8-7-17-11(2)3/h5-6,9-11,17H,4,7-8H2,1-3H3. The van der Waals surface area contributed by atoms with Crippen LogP contribution < -0.4 is 10.1 Å². The maximum absolute atomic E-state index is 11.6. The van der Waals surface area contributed by atoms with E-state index in [1.165, 1.54) is 0 Å². The molecule has 0 saturated carbocycles. The van der Waals surface area contributed by atoms with Gasteiger partial charge in [-0.05, 0) is 18.2 Å². The van der Waals surface area contributed by atoms with Crippen molar-refractivity contribution < 1.29 is 13.9 Å². The number of ketones is 1. The smallest absolute Gasteiger partial charge is 0.197 e. The zero-order chi connectivity index (χ0) is 14.5. The van der Waals surface area contributed by atoms with E-state index in [9.17, 15) is 4.79 Å². The van der Waals surface area contributed by atoms with Crippen LogP contribution in [0, 0.1) is 0 Å². The van der Waals surface area contributed by atoms with Gasteiger partial charge in [-0.25, -0.2) is 0 Å². The summed E-state index contributed by atoms with van der Waals surface area (Å²) in [5.74, 6) is 1.19. The van der Waals surface area contributed by atoms with Crippen LogP contribution in [0.15, 0.2) is 28.7 Å². The van der Waals surface area contributed by atoms with E-state index in [1.54, 1.807) is 6.07 Å². The quantitative estimate of drug-likeness (QED) is 0.621. The average Bonchev–Trinajstić information content (AvgIpc) is 2.85. The highest BCUT2D eigenvalue weighted by Crippen LogP contribution is 2.24. The summed E-state index contributed by atoms with van der Waals surface area (Å²) < 4.78 is 11.2. The Labute approximate surface area is 119 Å². The summed E-state index contributed by atoms with van der Waals surface area (Å²) in [6.07, 6.45) is 0.448. The van der Waals surface area contributed by atoms with Gasteiger partial charge in [-0.2, -0.15) is 0 Å². The molecule has 0 radical (unpaired) electrons. The molecule has 20 heavy (non-hydrogen) atoms. The number of rotatable bonds is 7. The zero-order valence-corrected chi connectivity index (χ0v) is 12.2. The van der Waals surface area contributed by atoms with Crippen LogP contribution >= 0.6 is 0 Å². The van der Waals surface area contributed by atoms with Crippen LogP contribution in [-0.4, -0.2) is 25.0 Å². The highest BCUT2D eigenvalue weighted by molar-refractivity contribution is 5.97. The van der Waals surface area contributed by atoms with E-state index in [-0.39, 0.29) is 5.78 Å². The van der Waals surface area contributed by atoms with E-state index >= 15 is 0 Å². The number of hydrogen-bond acceptors (Lipinski definition) is 4. The minimum absolute atomic E-state index is 0.0183. The largest absolute Gasteiger partial charge is 0.492 e. The summed E-state index contributed by atoms with van der Waals surface area (Å²) in [6, 6.07) is 7.88. The van der Waals surface area contributed by atoms with Gasteiger partial charge in [-0.15, -0.1) is 0 Å². The van der Waals surface area contributed by atoms with Gasteiger partial charge in [-0.3, -0.25) is 4.79 Å². The number of carbonyl (C=O) groups excluding carboxylic acids is 1. The molecule has 0 amide bonds. The molecule has 4 heteroatoms. The van der Waals surface area contributed by atoms with Crippen molar-refractivity contribution >= 4 is 16.8 Å². The fraction of sp³-hybridized carbons (Fsp3) is 0.438. The Bertz CT molecular complexity index is 586. The van der Waals surface area contributed by atoms with Crippen molar-refractivity contribution in [1.29, 1.82) is 0 Å². The van der Waals surface area contributed by atoms with Crippen molar-refractivity contribution in [3.05, 3.63) is 30.0 Å². The number of fused-ring (bicyclic) bond motifs is 1. The van der Waals surface area contributed by atoms with Gasteiger partial charge in [0.15, 0.2) is 11.5 Å². The molecule has 1 aromatic heterocycles. The molecule has 4 nitrogen and oxygen atoms in total. The molecule has 1 heterocycles. The van der Waals surface area contributed by atoms with Gasteiger partial charge in [0.2, 0.25) is 0 Å². The summed E-state index contributed by atoms with van der Waals surface area (Å²) in [5, 5.41) is 4.21. The molecule has 0 aliphatic carbocycles. The molecule has 0 fully saturated rings. The summed E-state index contributed by atoms with van der Waals surface area (Å²) >= 11 is 0. The summed E-state index contributed by atoms with van der Waals surface area (Å²) in [6.45, 7) is 7.42. The number of ether oxygens (including phenoxy) is 1. The van der Waals surface area contributed by atoms with Gasteiger partial charge in [0.1, 0.15) is 17.9 Å². The molecule has 0 spiro atoms. The van der Waals surface area contributed by atoms with E-state index in [2.05, 4.69) is 19.2 Å². The van der Waals surface area contributed by atoms with Gasteiger partial charge >= 0.3 is 0 Å². The molecule has 2 rings (SSSR count). The molecule has 0 bridgehead atoms.